The molecule has 0 unspecified atom stereocenters. The van der Waals surface area contributed by atoms with Gasteiger partial charge in [-0.05, 0) is 215 Å². The Morgan fingerprint density at radius 1 is 0.259 bits per heavy atom. The number of unbranched alkanes of at least 4 members (excludes halogenated alkanes) is 6. The highest BCUT2D eigenvalue weighted by Gasteiger charge is 2.39. The minimum Gasteiger partial charge on any atom is -0.144 e. The Labute approximate surface area is 555 Å². The van der Waals surface area contributed by atoms with E-state index in [0.29, 0.717) is 0 Å². The lowest BCUT2D eigenvalue weighted by atomic mass is 10.1. The van der Waals surface area contributed by atoms with Gasteiger partial charge in [-0.3, -0.25) is 0 Å². The summed E-state index contributed by atoms with van der Waals surface area (Å²) >= 11 is 23.9. The van der Waals surface area contributed by atoms with Gasteiger partial charge < -0.3 is 0 Å². The molecule has 0 nitrogen and oxygen atoms in total. The molecule has 13 heteroatoms. The summed E-state index contributed by atoms with van der Waals surface area (Å²) < 4.78 is 3.36. The second-order valence-corrected chi connectivity index (χ2v) is 40.1. The van der Waals surface area contributed by atoms with Gasteiger partial charge in [-0.1, -0.05) is 105 Å². The quantitative estimate of drug-likeness (QED) is 0.0394. The van der Waals surface area contributed by atoms with Crippen LogP contribution in [0.25, 0.3) is 97.5 Å². The van der Waals surface area contributed by atoms with Gasteiger partial charge in [-0.15, -0.1) is 136 Å². The number of rotatable bonds is 30. The molecule has 0 aromatic carbocycles. The zero-order chi connectivity index (χ0) is 58.3. The molecule has 12 rings (SSSR count). The first-order chi connectivity index (χ1) is 41.8. The standard InChI is InChI=1S/C72H76S12Si/c1-7-13-19-47-41-65(73-45-47)59-27-23-51(75-59)53-31-33-63(79-53)71-49(21-15-9-3)43-67(83-71)61-29-25-55(77-61)57-35-37-69(81-57)85(39-17-11-5,40-18-12-6)70-38-36-58(82-70)56-26-30-62(78-56)68-44-50(22-16-10-4)72(84-68)64-34-32-54(80-64)52-24-28-60(76-52)66-42-48(46-74-66)20-14-8-2/h23-38,41-46H,7-22,39-40H2,1-6H3. The maximum atomic E-state index is 2.58. The third-order valence-corrected chi connectivity index (χ3v) is 38.4. The van der Waals surface area contributed by atoms with Crippen LogP contribution in [0, 0.1) is 0 Å². The Morgan fingerprint density at radius 3 is 0.894 bits per heavy atom. The summed E-state index contributed by atoms with van der Waals surface area (Å²) in [7, 11) is -2.07. The molecule has 0 amide bonds. The topological polar surface area (TPSA) is 0 Å². The van der Waals surface area contributed by atoms with Gasteiger partial charge in [0.15, 0.2) is 0 Å². The van der Waals surface area contributed by atoms with E-state index in [1.165, 1.54) is 222 Å². The Balaban J connectivity index is 0.776. The fraction of sp³-hybridized carbons (Fsp3) is 0.333. The molecule has 12 aromatic rings. The van der Waals surface area contributed by atoms with Gasteiger partial charge in [-0.25, -0.2) is 0 Å². The van der Waals surface area contributed by atoms with Crippen molar-refractivity contribution in [3.8, 4) is 97.5 Å². The highest BCUT2D eigenvalue weighted by Crippen LogP contribution is 2.51. The van der Waals surface area contributed by atoms with Gasteiger partial charge in [-0.2, -0.15) is 0 Å². The molecular formula is C72H76S12Si. The minimum absolute atomic E-state index is 1.13. The molecule has 0 saturated carbocycles. The number of hydrogen-bond acceptors (Lipinski definition) is 12. The molecular weight excluding hydrogens is 1280 g/mol. The van der Waals surface area contributed by atoms with Crippen molar-refractivity contribution in [3.05, 3.63) is 154 Å². The zero-order valence-electron chi connectivity index (χ0n) is 49.8. The van der Waals surface area contributed by atoms with E-state index in [9.17, 15) is 0 Å². The van der Waals surface area contributed by atoms with Crippen molar-refractivity contribution in [3.63, 3.8) is 0 Å². The van der Waals surface area contributed by atoms with Crippen molar-refractivity contribution < 1.29 is 0 Å². The van der Waals surface area contributed by atoms with Crippen molar-refractivity contribution >= 4 is 153 Å². The summed E-state index contributed by atoms with van der Waals surface area (Å²) in [4.78, 5) is 28.2. The van der Waals surface area contributed by atoms with Gasteiger partial charge in [0.2, 0.25) is 0 Å². The van der Waals surface area contributed by atoms with Gasteiger partial charge in [0.1, 0.15) is 8.07 Å². The van der Waals surface area contributed by atoms with E-state index in [-0.39, 0.29) is 0 Å². The highest BCUT2D eigenvalue weighted by atomic mass is 32.1. The SMILES string of the molecule is CCCCc1csc(-c2ccc(-c3ccc(-c4sc(-c5ccc(-c6ccc([Si](CCCC)(CCCC)c7ccc(-c8ccc(-c9cc(CCCC)c(-c%10ccc(-c%11ccc(-c%12cc(CCCC)cs%12)s%11)s%10)s9)s8)s7)s6)s5)cc4CCCC)s3)s2)c1. The number of hydrogen-bond donors (Lipinski definition) is 0. The molecule has 0 radical (unpaired) electrons. The Hall–Kier alpha value is -3.38. The predicted molar refractivity (Wildman–Crippen MR) is 401 cm³/mol. The largest absolute Gasteiger partial charge is 0.144 e. The van der Waals surface area contributed by atoms with E-state index in [1.54, 1.807) is 9.00 Å². The molecule has 0 aliphatic heterocycles. The highest BCUT2D eigenvalue weighted by molar-refractivity contribution is 7.40. The summed E-state index contributed by atoms with van der Waals surface area (Å²) in [5.74, 6) is 0. The fourth-order valence-electron chi connectivity index (χ4n) is 11.4. The van der Waals surface area contributed by atoms with Crippen molar-refractivity contribution in [1.29, 1.82) is 0 Å². The van der Waals surface area contributed by atoms with Crippen LogP contribution in [-0.2, 0) is 25.7 Å². The molecule has 0 N–H and O–H groups in total. The summed E-state index contributed by atoms with van der Waals surface area (Å²) in [6, 6.07) is 51.3. The Kier molecular flexibility index (Phi) is 21.1. The van der Waals surface area contributed by atoms with Gasteiger partial charge in [0.05, 0.1) is 0 Å². The summed E-state index contributed by atoms with van der Waals surface area (Å²) in [5.41, 5.74) is 6.00. The molecule has 0 fully saturated rings. The van der Waals surface area contributed by atoms with Crippen molar-refractivity contribution in [2.75, 3.05) is 0 Å². The molecule has 12 aromatic heterocycles. The third-order valence-electron chi connectivity index (χ3n) is 16.3. The second kappa shape index (κ2) is 29.1. The molecule has 85 heavy (non-hydrogen) atoms. The van der Waals surface area contributed by atoms with E-state index >= 15 is 0 Å². The van der Waals surface area contributed by atoms with Gasteiger partial charge in [0, 0.05) is 97.5 Å². The molecule has 0 saturated heterocycles. The molecule has 12 heterocycles. The average molecular weight is 1350 g/mol. The molecule has 0 spiro atoms. The van der Waals surface area contributed by atoms with Crippen molar-refractivity contribution in [2.45, 2.75) is 156 Å². The molecule has 0 aliphatic carbocycles. The molecule has 0 bridgehead atoms. The van der Waals surface area contributed by atoms with E-state index in [1.807, 2.05) is 113 Å². The first-order valence-corrected chi connectivity index (χ1v) is 43.3. The van der Waals surface area contributed by atoms with Crippen LogP contribution in [0.2, 0.25) is 12.1 Å². The minimum atomic E-state index is -2.07. The van der Waals surface area contributed by atoms with E-state index in [2.05, 4.69) is 196 Å². The van der Waals surface area contributed by atoms with Crippen LogP contribution in [0.3, 0.4) is 0 Å². The van der Waals surface area contributed by atoms with Crippen LogP contribution in [0.1, 0.15) is 141 Å². The molecule has 0 aliphatic rings. The van der Waals surface area contributed by atoms with Gasteiger partial charge in [0.25, 0.3) is 0 Å². The number of thiophene rings is 12. The third kappa shape index (κ3) is 14.0. The monoisotopic (exact) mass is 1350 g/mol. The normalized spacial score (nSPS) is 12.0. The lowest BCUT2D eigenvalue weighted by Gasteiger charge is -2.30. The maximum absolute atomic E-state index is 2.58. The van der Waals surface area contributed by atoms with Crippen LogP contribution >= 0.6 is 136 Å². The lowest BCUT2D eigenvalue weighted by molar-refractivity contribution is 0.797. The van der Waals surface area contributed by atoms with Crippen LogP contribution in [0.15, 0.2) is 132 Å². The number of aryl methyl sites for hydroxylation is 4. The average Bonchev–Trinajstić information content (AvgIpc) is 3.88. The summed E-state index contributed by atoms with van der Waals surface area (Å²) in [5, 5.41) is 4.73. The van der Waals surface area contributed by atoms with Crippen molar-refractivity contribution in [1.82, 2.24) is 0 Å². The van der Waals surface area contributed by atoms with E-state index < -0.39 is 8.07 Å². The lowest BCUT2D eigenvalue weighted by Crippen LogP contribution is -2.55. The Bertz CT molecular complexity index is 3790. The Morgan fingerprint density at radius 2 is 0.541 bits per heavy atom. The predicted octanol–water partition coefficient (Wildman–Crippen LogP) is 27.6. The van der Waals surface area contributed by atoms with Crippen LogP contribution in [0.5, 0.6) is 0 Å². The maximum Gasteiger partial charge on any atom is 0.143 e. The second-order valence-electron chi connectivity index (χ2n) is 22.6. The fourth-order valence-corrected chi connectivity index (χ4v) is 32.8. The molecule has 440 valence electrons. The smallest absolute Gasteiger partial charge is 0.143 e. The van der Waals surface area contributed by atoms with Crippen LogP contribution < -0.4 is 9.00 Å². The zero-order valence-corrected chi connectivity index (χ0v) is 60.6. The summed E-state index contributed by atoms with van der Waals surface area (Å²) in [6.07, 6.45) is 19.5. The first-order valence-electron chi connectivity index (χ1n) is 31.0. The van der Waals surface area contributed by atoms with Crippen LogP contribution in [-0.4, -0.2) is 8.07 Å². The molecule has 0 atom stereocenters. The van der Waals surface area contributed by atoms with Gasteiger partial charge >= 0.3 is 0 Å². The first kappa shape index (κ1) is 61.8. The van der Waals surface area contributed by atoms with Crippen LogP contribution in [0.4, 0.5) is 0 Å². The summed E-state index contributed by atoms with van der Waals surface area (Å²) in [6.45, 7) is 14.0. The van der Waals surface area contributed by atoms with E-state index in [4.69, 9.17) is 0 Å². The van der Waals surface area contributed by atoms with Crippen molar-refractivity contribution in [2.24, 2.45) is 0 Å². The van der Waals surface area contributed by atoms with E-state index in [0.717, 1.165) is 12.8 Å².